The molecule has 0 aliphatic rings. The summed E-state index contributed by atoms with van der Waals surface area (Å²) in [4.78, 5) is 10.7. The third-order valence-corrected chi connectivity index (χ3v) is 1.68. The molecule has 1 rings (SSSR count). The third kappa shape index (κ3) is 3.68. The lowest BCUT2D eigenvalue weighted by atomic mass is 10.3. The zero-order valence-electron chi connectivity index (χ0n) is 8.41. The van der Waals surface area contributed by atoms with Gasteiger partial charge in [0, 0.05) is 0 Å². The number of hydrogen-bond donors (Lipinski definition) is 1. The average molecular weight is 244 g/mol. The summed E-state index contributed by atoms with van der Waals surface area (Å²) in [6.45, 7) is -0.321. The van der Waals surface area contributed by atoms with Gasteiger partial charge in [-0.15, -0.1) is 0 Å². The second-order valence-electron chi connectivity index (χ2n) is 2.89. The van der Waals surface area contributed by atoms with Crippen molar-refractivity contribution in [1.82, 2.24) is 0 Å². The zero-order chi connectivity index (χ0) is 12.9. The Balaban J connectivity index is 2.84. The summed E-state index contributed by atoms with van der Waals surface area (Å²) < 4.78 is 40.9. The highest BCUT2D eigenvalue weighted by Crippen LogP contribution is 2.26. The summed E-state index contributed by atoms with van der Waals surface area (Å²) in [6.07, 6.45) is -4.97. The van der Waals surface area contributed by atoms with E-state index in [1.165, 1.54) is 24.3 Å². The van der Waals surface area contributed by atoms with Crippen LogP contribution in [0.1, 0.15) is 0 Å². The van der Waals surface area contributed by atoms with Gasteiger partial charge in [0.05, 0.1) is 5.69 Å². The topological polar surface area (TPSA) is 62.1 Å². The molecular formula is C10H7F3N2O2. The van der Waals surface area contributed by atoms with Gasteiger partial charge in [-0.1, -0.05) is 12.1 Å². The van der Waals surface area contributed by atoms with Gasteiger partial charge in [0.2, 0.25) is 0 Å². The van der Waals surface area contributed by atoms with Crippen LogP contribution in [0.5, 0.6) is 5.75 Å². The van der Waals surface area contributed by atoms with Crippen molar-refractivity contribution in [3.8, 4) is 11.8 Å². The largest absolute Gasteiger partial charge is 0.477 e. The first-order chi connectivity index (χ1) is 7.95. The molecule has 0 saturated heterocycles. The molecule has 4 nitrogen and oxygen atoms in total. The summed E-state index contributed by atoms with van der Waals surface area (Å²) >= 11 is 0. The summed E-state index contributed by atoms with van der Waals surface area (Å²) in [5, 5.41) is 9.95. The Bertz CT molecular complexity index is 452. The van der Waals surface area contributed by atoms with Crippen molar-refractivity contribution in [3.05, 3.63) is 24.3 Å². The molecule has 0 aliphatic heterocycles. The standard InChI is InChI=1S/C10H7F3N2O2/c11-10(12,13)9(16)15-7-3-1-2-4-8(7)17-6-5-14/h1-4H,6H2,(H,15,16). The van der Waals surface area contributed by atoms with E-state index < -0.39 is 12.1 Å². The van der Waals surface area contributed by atoms with E-state index in [0.29, 0.717) is 0 Å². The van der Waals surface area contributed by atoms with E-state index in [-0.39, 0.29) is 18.0 Å². The number of benzene rings is 1. The van der Waals surface area contributed by atoms with Gasteiger partial charge in [0.25, 0.3) is 0 Å². The van der Waals surface area contributed by atoms with Crippen molar-refractivity contribution in [2.24, 2.45) is 0 Å². The maximum atomic E-state index is 12.0. The first kappa shape index (κ1) is 12.8. The quantitative estimate of drug-likeness (QED) is 0.885. The number of ether oxygens (including phenoxy) is 1. The number of para-hydroxylation sites is 2. The maximum Gasteiger partial charge on any atom is 0.471 e. The Morgan fingerprint density at radius 3 is 2.65 bits per heavy atom. The van der Waals surface area contributed by atoms with Gasteiger partial charge < -0.3 is 10.1 Å². The van der Waals surface area contributed by atoms with E-state index >= 15 is 0 Å². The lowest BCUT2D eigenvalue weighted by Crippen LogP contribution is -2.30. The second kappa shape index (κ2) is 5.21. The van der Waals surface area contributed by atoms with Crippen LogP contribution >= 0.6 is 0 Å². The summed E-state index contributed by atoms with van der Waals surface area (Å²) in [6, 6.07) is 7.21. The second-order valence-corrected chi connectivity index (χ2v) is 2.89. The number of carbonyl (C=O) groups excluding carboxylic acids is 1. The number of halogens is 3. The van der Waals surface area contributed by atoms with Crippen LogP contribution in [0.3, 0.4) is 0 Å². The Morgan fingerprint density at radius 2 is 2.06 bits per heavy atom. The SMILES string of the molecule is N#CCOc1ccccc1NC(=O)C(F)(F)F. The van der Waals surface area contributed by atoms with E-state index in [2.05, 4.69) is 0 Å². The normalized spacial score (nSPS) is 10.5. The monoisotopic (exact) mass is 244 g/mol. The predicted octanol–water partition coefficient (Wildman–Crippen LogP) is 2.09. The van der Waals surface area contributed by atoms with Crippen LogP contribution in [0.2, 0.25) is 0 Å². The highest BCUT2D eigenvalue weighted by Gasteiger charge is 2.39. The lowest BCUT2D eigenvalue weighted by molar-refractivity contribution is -0.167. The first-order valence-electron chi connectivity index (χ1n) is 4.42. The summed E-state index contributed by atoms with van der Waals surface area (Å²) in [7, 11) is 0. The van der Waals surface area contributed by atoms with Gasteiger partial charge in [-0.25, -0.2) is 0 Å². The summed E-state index contributed by atoms with van der Waals surface area (Å²) in [5.74, 6) is -2.09. The Morgan fingerprint density at radius 1 is 1.41 bits per heavy atom. The van der Waals surface area contributed by atoms with Crippen molar-refractivity contribution in [1.29, 1.82) is 5.26 Å². The molecule has 0 aliphatic carbocycles. The molecule has 0 aromatic heterocycles. The minimum absolute atomic E-state index is 0.00616. The maximum absolute atomic E-state index is 12.0. The van der Waals surface area contributed by atoms with Crippen molar-refractivity contribution < 1.29 is 22.7 Å². The van der Waals surface area contributed by atoms with Crippen molar-refractivity contribution in [2.45, 2.75) is 6.18 Å². The van der Waals surface area contributed by atoms with Crippen molar-refractivity contribution in [2.75, 3.05) is 11.9 Å². The number of anilines is 1. The molecule has 0 saturated carbocycles. The number of nitriles is 1. The number of amides is 1. The van der Waals surface area contributed by atoms with E-state index in [9.17, 15) is 18.0 Å². The van der Waals surface area contributed by atoms with Gasteiger partial charge in [0.15, 0.2) is 6.61 Å². The van der Waals surface area contributed by atoms with Crippen molar-refractivity contribution >= 4 is 11.6 Å². The molecule has 0 fully saturated rings. The van der Waals surface area contributed by atoms with Gasteiger partial charge in [-0.2, -0.15) is 18.4 Å². The molecule has 0 heterocycles. The Hall–Kier alpha value is -2.23. The fourth-order valence-corrected chi connectivity index (χ4v) is 0.999. The fourth-order valence-electron chi connectivity index (χ4n) is 0.999. The minimum atomic E-state index is -4.97. The number of rotatable bonds is 3. The van der Waals surface area contributed by atoms with Crippen LogP contribution in [0, 0.1) is 11.3 Å². The van der Waals surface area contributed by atoms with Gasteiger partial charge >= 0.3 is 12.1 Å². The Labute approximate surface area is 94.6 Å². The van der Waals surface area contributed by atoms with E-state index in [0.717, 1.165) is 0 Å². The molecule has 17 heavy (non-hydrogen) atoms. The lowest BCUT2D eigenvalue weighted by Gasteiger charge is -2.11. The molecule has 1 aromatic carbocycles. The Kier molecular flexibility index (Phi) is 3.93. The van der Waals surface area contributed by atoms with Crippen LogP contribution in [0.25, 0.3) is 0 Å². The van der Waals surface area contributed by atoms with Crippen LogP contribution in [-0.2, 0) is 4.79 Å². The fraction of sp³-hybridized carbons (Fsp3) is 0.200. The van der Waals surface area contributed by atoms with Crippen molar-refractivity contribution in [3.63, 3.8) is 0 Å². The van der Waals surface area contributed by atoms with Gasteiger partial charge in [-0.05, 0) is 12.1 Å². The smallest absolute Gasteiger partial charge is 0.471 e. The number of nitrogens with one attached hydrogen (secondary N) is 1. The predicted molar refractivity (Wildman–Crippen MR) is 52.2 cm³/mol. The molecule has 1 amide bonds. The number of nitrogens with zero attached hydrogens (tertiary/aromatic N) is 1. The number of carbonyl (C=O) groups is 1. The van der Waals surface area contributed by atoms with Crippen LogP contribution in [0.15, 0.2) is 24.3 Å². The molecule has 0 atom stereocenters. The molecular weight excluding hydrogens is 237 g/mol. The average Bonchev–Trinajstić information content (AvgIpc) is 2.26. The molecule has 90 valence electrons. The highest BCUT2D eigenvalue weighted by molar-refractivity contribution is 5.96. The molecule has 0 bridgehead atoms. The van der Waals surface area contributed by atoms with E-state index in [4.69, 9.17) is 10.00 Å². The molecule has 0 spiro atoms. The molecule has 7 heteroatoms. The molecule has 0 unspecified atom stereocenters. The van der Waals surface area contributed by atoms with E-state index in [1.807, 2.05) is 0 Å². The molecule has 0 radical (unpaired) electrons. The van der Waals surface area contributed by atoms with Crippen LogP contribution < -0.4 is 10.1 Å². The molecule has 1 aromatic rings. The number of hydrogen-bond acceptors (Lipinski definition) is 3. The van der Waals surface area contributed by atoms with Gasteiger partial charge in [0.1, 0.15) is 11.8 Å². The van der Waals surface area contributed by atoms with Gasteiger partial charge in [-0.3, -0.25) is 4.79 Å². The molecule has 1 N–H and O–H groups in total. The number of alkyl halides is 3. The minimum Gasteiger partial charge on any atom is -0.477 e. The zero-order valence-corrected chi connectivity index (χ0v) is 8.41. The highest BCUT2D eigenvalue weighted by atomic mass is 19.4. The van der Waals surface area contributed by atoms with Crippen LogP contribution in [-0.4, -0.2) is 18.7 Å². The van der Waals surface area contributed by atoms with Crippen LogP contribution in [0.4, 0.5) is 18.9 Å². The summed E-state index contributed by atoms with van der Waals surface area (Å²) in [5.41, 5.74) is -0.134. The third-order valence-electron chi connectivity index (χ3n) is 1.68. The first-order valence-corrected chi connectivity index (χ1v) is 4.42. The van der Waals surface area contributed by atoms with E-state index in [1.54, 1.807) is 11.4 Å².